The highest BCUT2D eigenvalue weighted by molar-refractivity contribution is 7.98. The van der Waals surface area contributed by atoms with Gasteiger partial charge in [0.2, 0.25) is 0 Å². The molecule has 0 aliphatic rings. The van der Waals surface area contributed by atoms with E-state index in [0.717, 1.165) is 30.0 Å². The average molecular weight is 253 g/mol. The lowest BCUT2D eigenvalue weighted by Gasteiger charge is -2.11. The van der Waals surface area contributed by atoms with Crippen LogP contribution < -0.4 is 5.32 Å². The zero-order chi connectivity index (χ0) is 12.7. The van der Waals surface area contributed by atoms with Gasteiger partial charge in [-0.3, -0.25) is 0 Å². The van der Waals surface area contributed by atoms with Crippen LogP contribution in [0.5, 0.6) is 0 Å². The Kier molecular flexibility index (Phi) is 5.91. The highest BCUT2D eigenvalue weighted by atomic mass is 32.2. The summed E-state index contributed by atoms with van der Waals surface area (Å²) in [6, 6.07) is 5.64. The lowest BCUT2D eigenvalue weighted by molar-refractivity contribution is 0.0600. The molecule has 0 bridgehead atoms. The number of rotatable bonds is 6. The summed E-state index contributed by atoms with van der Waals surface area (Å²) in [4.78, 5) is 11.5. The third kappa shape index (κ3) is 3.97. The third-order valence-corrected chi connectivity index (χ3v) is 3.28. The van der Waals surface area contributed by atoms with Gasteiger partial charge in [-0.05, 0) is 43.0 Å². The number of carbonyl (C=O) groups excluding carboxylic acids is 1. The highest BCUT2D eigenvalue weighted by Gasteiger charge is 2.11. The van der Waals surface area contributed by atoms with Crippen LogP contribution in [0.2, 0.25) is 0 Å². The quantitative estimate of drug-likeness (QED) is 0.625. The second-order valence-corrected chi connectivity index (χ2v) is 4.73. The van der Waals surface area contributed by atoms with Crippen LogP contribution in [0, 0.1) is 6.92 Å². The maximum atomic E-state index is 11.5. The maximum Gasteiger partial charge on any atom is 0.338 e. The number of methoxy groups -OCH3 is 1. The normalized spacial score (nSPS) is 10.1. The molecule has 0 amide bonds. The molecule has 1 N–H and O–H groups in total. The largest absolute Gasteiger partial charge is 0.465 e. The molecule has 0 aromatic heterocycles. The van der Waals surface area contributed by atoms with Crippen molar-refractivity contribution in [2.45, 2.75) is 13.3 Å². The predicted molar refractivity (Wildman–Crippen MR) is 74.0 cm³/mol. The van der Waals surface area contributed by atoms with Crippen LogP contribution in [0.4, 0.5) is 5.69 Å². The fourth-order valence-corrected chi connectivity index (χ4v) is 2.03. The number of hydrogen-bond acceptors (Lipinski definition) is 4. The Labute approximate surface area is 107 Å². The van der Waals surface area contributed by atoms with E-state index >= 15 is 0 Å². The minimum atomic E-state index is -0.282. The number of nitrogens with one attached hydrogen (secondary N) is 1. The summed E-state index contributed by atoms with van der Waals surface area (Å²) in [5.41, 5.74) is 2.58. The topological polar surface area (TPSA) is 38.3 Å². The Morgan fingerprint density at radius 3 is 2.88 bits per heavy atom. The van der Waals surface area contributed by atoms with Crippen LogP contribution in [-0.2, 0) is 4.74 Å². The van der Waals surface area contributed by atoms with E-state index < -0.39 is 0 Å². The molecule has 0 saturated carbocycles. The van der Waals surface area contributed by atoms with E-state index in [0.29, 0.717) is 5.56 Å². The van der Waals surface area contributed by atoms with Gasteiger partial charge in [0.1, 0.15) is 0 Å². The number of thioether (sulfide) groups is 1. The minimum Gasteiger partial charge on any atom is -0.465 e. The fraction of sp³-hybridized carbons (Fsp3) is 0.462. The van der Waals surface area contributed by atoms with Crippen molar-refractivity contribution in [3.05, 3.63) is 29.3 Å². The van der Waals surface area contributed by atoms with Crippen LogP contribution in [-0.4, -0.2) is 31.6 Å². The second-order valence-electron chi connectivity index (χ2n) is 3.74. The zero-order valence-electron chi connectivity index (χ0n) is 10.6. The van der Waals surface area contributed by atoms with Gasteiger partial charge in [-0.25, -0.2) is 4.79 Å². The highest BCUT2D eigenvalue weighted by Crippen LogP contribution is 2.19. The summed E-state index contributed by atoms with van der Waals surface area (Å²) in [7, 11) is 1.40. The number of esters is 1. The lowest BCUT2D eigenvalue weighted by Crippen LogP contribution is -2.08. The predicted octanol–water partition coefficient (Wildman–Crippen LogP) is 2.95. The van der Waals surface area contributed by atoms with E-state index in [9.17, 15) is 4.79 Å². The van der Waals surface area contributed by atoms with Crippen molar-refractivity contribution in [3.63, 3.8) is 0 Å². The van der Waals surface area contributed by atoms with Gasteiger partial charge in [0.05, 0.1) is 12.7 Å². The molecule has 3 nitrogen and oxygen atoms in total. The van der Waals surface area contributed by atoms with Gasteiger partial charge in [-0.1, -0.05) is 6.07 Å². The Morgan fingerprint density at radius 2 is 2.24 bits per heavy atom. The fourth-order valence-electron chi connectivity index (χ4n) is 1.60. The van der Waals surface area contributed by atoms with Crippen LogP contribution >= 0.6 is 11.8 Å². The Morgan fingerprint density at radius 1 is 1.47 bits per heavy atom. The minimum absolute atomic E-state index is 0.282. The molecule has 1 aromatic carbocycles. The third-order valence-electron chi connectivity index (χ3n) is 2.58. The molecule has 17 heavy (non-hydrogen) atoms. The van der Waals surface area contributed by atoms with Gasteiger partial charge in [-0.15, -0.1) is 0 Å². The molecule has 0 aliphatic carbocycles. The SMILES string of the molecule is COC(=O)c1cccc(NCCCSC)c1C. The molecule has 0 heterocycles. The van der Waals surface area contributed by atoms with E-state index in [4.69, 9.17) is 4.74 Å². The Hall–Kier alpha value is -1.16. The van der Waals surface area contributed by atoms with Gasteiger partial charge in [-0.2, -0.15) is 11.8 Å². The molecule has 0 radical (unpaired) electrons. The van der Waals surface area contributed by atoms with Crippen molar-refractivity contribution in [1.82, 2.24) is 0 Å². The molecule has 4 heteroatoms. The van der Waals surface area contributed by atoms with Crippen molar-refractivity contribution in [3.8, 4) is 0 Å². The van der Waals surface area contributed by atoms with Crippen LogP contribution in [0.1, 0.15) is 22.3 Å². The summed E-state index contributed by atoms with van der Waals surface area (Å²) in [5.74, 6) is 0.859. The van der Waals surface area contributed by atoms with Gasteiger partial charge in [0.25, 0.3) is 0 Å². The summed E-state index contributed by atoms with van der Waals surface area (Å²) in [5, 5.41) is 3.35. The van der Waals surface area contributed by atoms with Crippen molar-refractivity contribution in [1.29, 1.82) is 0 Å². The first-order valence-corrected chi connectivity index (χ1v) is 7.00. The number of benzene rings is 1. The van der Waals surface area contributed by atoms with E-state index in [1.165, 1.54) is 7.11 Å². The molecule has 1 rings (SSSR count). The van der Waals surface area contributed by atoms with Crippen molar-refractivity contribution in [2.75, 3.05) is 31.0 Å². The Bertz CT molecular complexity index is 380. The number of hydrogen-bond donors (Lipinski definition) is 1. The molecule has 0 spiro atoms. The molecule has 1 aromatic rings. The zero-order valence-corrected chi connectivity index (χ0v) is 11.4. The summed E-state index contributed by atoms with van der Waals surface area (Å²) >= 11 is 1.84. The van der Waals surface area contributed by atoms with Crippen LogP contribution in [0.15, 0.2) is 18.2 Å². The van der Waals surface area contributed by atoms with Gasteiger partial charge in [0, 0.05) is 12.2 Å². The lowest BCUT2D eigenvalue weighted by atomic mass is 10.1. The second kappa shape index (κ2) is 7.22. The molecule has 0 aliphatic heterocycles. The summed E-state index contributed by atoms with van der Waals surface area (Å²) < 4.78 is 4.75. The van der Waals surface area contributed by atoms with Crippen molar-refractivity contribution >= 4 is 23.4 Å². The first-order valence-electron chi connectivity index (χ1n) is 5.61. The van der Waals surface area contributed by atoms with E-state index in [1.807, 2.05) is 30.8 Å². The monoisotopic (exact) mass is 253 g/mol. The maximum absolute atomic E-state index is 11.5. The van der Waals surface area contributed by atoms with E-state index in [1.54, 1.807) is 6.07 Å². The average Bonchev–Trinajstić information content (AvgIpc) is 2.35. The number of carbonyl (C=O) groups is 1. The number of ether oxygens (including phenoxy) is 1. The molecule has 94 valence electrons. The Balaban J connectivity index is 2.70. The first-order chi connectivity index (χ1) is 8.20. The number of anilines is 1. The summed E-state index contributed by atoms with van der Waals surface area (Å²) in [6.45, 7) is 2.86. The molecule has 0 fully saturated rings. The standard InChI is InChI=1S/C13H19NO2S/c1-10-11(13(15)16-2)6-4-7-12(10)14-8-5-9-17-3/h4,6-7,14H,5,8-9H2,1-3H3. The van der Waals surface area contributed by atoms with Gasteiger partial charge >= 0.3 is 5.97 Å². The van der Waals surface area contributed by atoms with E-state index in [-0.39, 0.29) is 5.97 Å². The van der Waals surface area contributed by atoms with Crippen molar-refractivity contribution in [2.24, 2.45) is 0 Å². The summed E-state index contributed by atoms with van der Waals surface area (Å²) in [6.07, 6.45) is 3.21. The van der Waals surface area contributed by atoms with Gasteiger partial charge in [0.15, 0.2) is 0 Å². The molecular weight excluding hydrogens is 234 g/mol. The van der Waals surface area contributed by atoms with E-state index in [2.05, 4.69) is 11.6 Å². The molecule has 0 unspecified atom stereocenters. The smallest absolute Gasteiger partial charge is 0.338 e. The first kappa shape index (κ1) is 13.9. The van der Waals surface area contributed by atoms with Gasteiger partial charge < -0.3 is 10.1 Å². The molecule has 0 atom stereocenters. The van der Waals surface area contributed by atoms with Crippen LogP contribution in [0.25, 0.3) is 0 Å². The molecule has 0 saturated heterocycles. The molecular formula is C13H19NO2S. The van der Waals surface area contributed by atoms with Crippen LogP contribution in [0.3, 0.4) is 0 Å². The van der Waals surface area contributed by atoms with Crippen molar-refractivity contribution < 1.29 is 9.53 Å².